The normalized spacial score (nSPS) is 29.3. The lowest BCUT2D eigenvalue weighted by Crippen LogP contribution is -2.61. The summed E-state index contributed by atoms with van der Waals surface area (Å²) in [5, 5.41) is 22.7. The Morgan fingerprint density at radius 1 is 1.46 bits per heavy atom. The molecule has 1 fully saturated rings. The highest BCUT2D eigenvalue weighted by molar-refractivity contribution is 8.01. The number of fused-ring (bicyclic) bond motifs is 1. The van der Waals surface area contributed by atoms with Crippen molar-refractivity contribution in [2.45, 2.75) is 63.5 Å². The Bertz CT molecular complexity index is 680. The number of hydrogen-bond donors (Lipinski definition) is 3. The van der Waals surface area contributed by atoms with Gasteiger partial charge in [0.1, 0.15) is 11.5 Å². The second-order valence-corrected chi connectivity index (χ2v) is 10.0. The van der Waals surface area contributed by atoms with Crippen LogP contribution in [0.3, 0.4) is 0 Å². The molecule has 3 rings (SSSR count). The van der Waals surface area contributed by atoms with Crippen LogP contribution in [-0.4, -0.2) is 68.1 Å². The molecule has 0 aliphatic carbocycles. The van der Waals surface area contributed by atoms with E-state index in [2.05, 4.69) is 26.1 Å². The van der Waals surface area contributed by atoms with Gasteiger partial charge in [-0.3, -0.25) is 9.79 Å². The van der Waals surface area contributed by atoms with Gasteiger partial charge in [-0.1, -0.05) is 20.8 Å². The Kier molecular flexibility index (Phi) is 5.09. The zero-order chi connectivity index (χ0) is 19.2. The van der Waals surface area contributed by atoms with E-state index in [4.69, 9.17) is 4.99 Å². The Morgan fingerprint density at radius 2 is 2.15 bits per heavy atom. The predicted octanol–water partition coefficient (Wildman–Crippen LogP) is 1.23. The van der Waals surface area contributed by atoms with Crippen molar-refractivity contribution in [3.63, 3.8) is 0 Å². The maximum atomic E-state index is 12.2. The fourth-order valence-corrected chi connectivity index (χ4v) is 4.61. The van der Waals surface area contributed by atoms with Gasteiger partial charge in [0.05, 0.1) is 29.9 Å². The van der Waals surface area contributed by atoms with Gasteiger partial charge in [-0.05, 0) is 25.3 Å². The number of nitrogens with one attached hydrogen (secondary N) is 1. The van der Waals surface area contributed by atoms with E-state index in [9.17, 15) is 19.8 Å². The summed E-state index contributed by atoms with van der Waals surface area (Å²) in [5.74, 6) is -0.0919. The first kappa shape index (κ1) is 19.2. The number of hydrogen-bond acceptors (Lipinski definition) is 6. The number of amidine groups is 1. The molecule has 144 valence electrons. The van der Waals surface area contributed by atoms with Crippen molar-refractivity contribution in [1.82, 2.24) is 10.2 Å². The molecular formula is C18H27N3O4S. The molecule has 0 aromatic rings. The van der Waals surface area contributed by atoms with E-state index in [1.165, 1.54) is 4.90 Å². The monoisotopic (exact) mass is 381 g/mol. The third-order valence-corrected chi connectivity index (χ3v) is 6.31. The molecule has 0 saturated carbocycles. The van der Waals surface area contributed by atoms with Crippen LogP contribution in [0.4, 0.5) is 0 Å². The van der Waals surface area contributed by atoms with Gasteiger partial charge in [0.15, 0.2) is 0 Å². The summed E-state index contributed by atoms with van der Waals surface area (Å²) < 4.78 is 0.162. The van der Waals surface area contributed by atoms with E-state index in [0.717, 1.165) is 17.2 Å². The number of aliphatic hydroxyl groups excluding tert-OH is 1. The van der Waals surface area contributed by atoms with Crippen LogP contribution < -0.4 is 5.32 Å². The Balaban J connectivity index is 1.69. The van der Waals surface area contributed by atoms with E-state index in [-0.39, 0.29) is 28.4 Å². The van der Waals surface area contributed by atoms with Crippen molar-refractivity contribution in [3.05, 3.63) is 11.3 Å². The summed E-state index contributed by atoms with van der Waals surface area (Å²) in [4.78, 5) is 30.0. The molecule has 3 aliphatic heterocycles. The molecular weight excluding hydrogens is 354 g/mol. The second-order valence-electron chi connectivity index (χ2n) is 8.22. The van der Waals surface area contributed by atoms with Gasteiger partial charge < -0.3 is 20.4 Å². The number of aliphatic imine (C=N–C) groups is 1. The Labute approximate surface area is 157 Å². The molecule has 8 heteroatoms. The smallest absolute Gasteiger partial charge is 0.352 e. The highest BCUT2D eigenvalue weighted by atomic mass is 32.2. The van der Waals surface area contributed by atoms with Crippen LogP contribution in [0.2, 0.25) is 0 Å². The molecule has 0 spiro atoms. The standard InChI is InChI=1S/C18H27N3O4S/c1-9(22)14-12-6-10(15(17(24)25)21(12)16(14)23)5-11-7-19-13(20-11)8-26-18(2,3)4/h9,11-12,14,22H,5-8H2,1-4H3,(H,19,20)(H,24,25)/t9-,11-,12-,14-/m1/s1. The molecule has 3 N–H and O–H groups in total. The van der Waals surface area contributed by atoms with Crippen molar-refractivity contribution in [1.29, 1.82) is 0 Å². The first-order valence-corrected chi connectivity index (χ1v) is 9.98. The minimum atomic E-state index is -1.07. The number of amides is 1. The number of nitrogens with zero attached hydrogens (tertiary/aromatic N) is 2. The number of carboxylic acids is 1. The Morgan fingerprint density at radius 3 is 2.73 bits per heavy atom. The number of rotatable bonds is 6. The van der Waals surface area contributed by atoms with Crippen LogP contribution >= 0.6 is 11.8 Å². The summed E-state index contributed by atoms with van der Waals surface area (Å²) in [5.41, 5.74) is 0.865. The average molecular weight is 381 g/mol. The van der Waals surface area contributed by atoms with E-state index in [1.807, 2.05) is 11.8 Å². The lowest BCUT2D eigenvalue weighted by Gasteiger charge is -2.44. The second kappa shape index (κ2) is 6.88. The highest BCUT2D eigenvalue weighted by Gasteiger charge is 2.56. The fourth-order valence-electron chi connectivity index (χ4n) is 3.87. The zero-order valence-corrected chi connectivity index (χ0v) is 16.5. The molecule has 7 nitrogen and oxygen atoms in total. The van der Waals surface area contributed by atoms with E-state index >= 15 is 0 Å². The number of thioether (sulfide) groups is 1. The largest absolute Gasteiger partial charge is 0.477 e. The van der Waals surface area contributed by atoms with E-state index in [0.29, 0.717) is 19.4 Å². The van der Waals surface area contributed by atoms with Gasteiger partial charge in [0.2, 0.25) is 5.91 Å². The number of carbonyl (C=O) groups is 2. The molecule has 0 bridgehead atoms. The lowest BCUT2D eigenvalue weighted by molar-refractivity contribution is -0.161. The first-order chi connectivity index (χ1) is 12.1. The minimum absolute atomic E-state index is 0.00581. The van der Waals surface area contributed by atoms with Gasteiger partial charge in [0, 0.05) is 11.3 Å². The van der Waals surface area contributed by atoms with Crippen LogP contribution in [0.1, 0.15) is 40.5 Å². The van der Waals surface area contributed by atoms with Gasteiger partial charge in [-0.15, -0.1) is 11.8 Å². The van der Waals surface area contributed by atoms with Gasteiger partial charge in [0.25, 0.3) is 0 Å². The predicted molar refractivity (Wildman–Crippen MR) is 101 cm³/mol. The van der Waals surface area contributed by atoms with Crippen LogP contribution in [0.5, 0.6) is 0 Å². The number of aliphatic carboxylic acids is 1. The highest BCUT2D eigenvalue weighted by Crippen LogP contribution is 2.45. The minimum Gasteiger partial charge on any atom is -0.477 e. The molecule has 26 heavy (non-hydrogen) atoms. The zero-order valence-electron chi connectivity index (χ0n) is 15.7. The van der Waals surface area contributed by atoms with Crippen LogP contribution in [-0.2, 0) is 9.59 Å². The molecule has 0 aromatic heterocycles. The topological polar surface area (TPSA) is 102 Å². The molecule has 3 heterocycles. The fraction of sp³-hybridized carbons (Fsp3) is 0.722. The molecule has 0 aromatic carbocycles. The van der Waals surface area contributed by atoms with Crippen molar-refractivity contribution in [3.8, 4) is 0 Å². The molecule has 4 atom stereocenters. The average Bonchev–Trinajstić information content (AvgIpc) is 3.07. The van der Waals surface area contributed by atoms with E-state index in [1.54, 1.807) is 6.92 Å². The van der Waals surface area contributed by atoms with Gasteiger partial charge in [-0.25, -0.2) is 4.79 Å². The van der Waals surface area contributed by atoms with Crippen molar-refractivity contribution < 1.29 is 19.8 Å². The summed E-state index contributed by atoms with van der Waals surface area (Å²) in [6.07, 6.45) is 0.289. The van der Waals surface area contributed by atoms with Crippen LogP contribution in [0.25, 0.3) is 0 Å². The first-order valence-electron chi connectivity index (χ1n) is 8.99. The molecule has 1 amide bonds. The Hall–Kier alpha value is -1.54. The summed E-state index contributed by atoms with van der Waals surface area (Å²) >= 11 is 1.82. The third kappa shape index (κ3) is 3.62. The van der Waals surface area contributed by atoms with E-state index < -0.39 is 18.0 Å². The van der Waals surface area contributed by atoms with Gasteiger partial charge in [-0.2, -0.15) is 0 Å². The van der Waals surface area contributed by atoms with Crippen molar-refractivity contribution >= 4 is 29.5 Å². The van der Waals surface area contributed by atoms with Crippen molar-refractivity contribution in [2.24, 2.45) is 10.9 Å². The summed E-state index contributed by atoms with van der Waals surface area (Å²) in [7, 11) is 0. The summed E-state index contributed by atoms with van der Waals surface area (Å²) in [6, 6.07) is -0.230. The molecule has 1 saturated heterocycles. The summed E-state index contributed by atoms with van der Waals surface area (Å²) in [6.45, 7) is 8.75. The molecule has 0 unspecified atom stereocenters. The number of aliphatic hydroxyl groups is 1. The quantitative estimate of drug-likeness (QED) is 0.598. The number of carbonyl (C=O) groups excluding carboxylic acids is 1. The third-order valence-electron chi connectivity index (χ3n) is 5.03. The number of carboxylic acid groups (broad SMARTS) is 1. The van der Waals surface area contributed by atoms with Crippen LogP contribution in [0.15, 0.2) is 16.3 Å². The van der Waals surface area contributed by atoms with Crippen molar-refractivity contribution in [2.75, 3.05) is 12.3 Å². The maximum Gasteiger partial charge on any atom is 0.352 e. The SMILES string of the molecule is C[C@@H](O)[C@H]1C(=O)N2C(C(=O)O)=C(C[C@@H]3CNC(CSC(C)(C)C)=N3)C[C@H]12. The lowest BCUT2D eigenvalue weighted by atomic mass is 9.82. The molecule has 0 radical (unpaired) electrons. The van der Waals surface area contributed by atoms with Gasteiger partial charge >= 0.3 is 5.97 Å². The number of β-lactam (4-membered cyclic amide) rings is 1. The van der Waals surface area contributed by atoms with Crippen LogP contribution in [0, 0.1) is 5.92 Å². The molecule has 3 aliphatic rings. The maximum absolute atomic E-state index is 12.2.